The van der Waals surface area contributed by atoms with Gasteiger partial charge >= 0.3 is 0 Å². The van der Waals surface area contributed by atoms with Crippen molar-refractivity contribution in [3.63, 3.8) is 0 Å². The summed E-state index contributed by atoms with van der Waals surface area (Å²) in [6, 6.07) is 6.63. The predicted octanol–water partition coefficient (Wildman–Crippen LogP) is 4.03. The van der Waals surface area contributed by atoms with E-state index in [9.17, 15) is 14.4 Å². The topological polar surface area (TPSA) is 91.4 Å². The van der Waals surface area contributed by atoms with Crippen LogP contribution in [0.5, 0.6) is 0 Å². The quantitative estimate of drug-likeness (QED) is 0.432. The zero-order valence-electron chi connectivity index (χ0n) is 16.2. The fraction of sp³-hybridized carbons (Fsp3) is 0.200. The molecule has 0 aliphatic carbocycles. The third kappa shape index (κ3) is 6.55. The van der Waals surface area contributed by atoms with Crippen LogP contribution in [0.1, 0.15) is 18.1 Å². The van der Waals surface area contributed by atoms with Crippen LogP contribution in [0.15, 0.2) is 36.5 Å². The molecule has 10 heteroatoms. The number of pyridine rings is 1. The molecule has 0 radical (unpaired) electrons. The second-order valence-corrected chi connectivity index (χ2v) is 7.50. The van der Waals surface area contributed by atoms with Gasteiger partial charge in [-0.2, -0.15) is 0 Å². The second kappa shape index (κ2) is 11.1. The van der Waals surface area contributed by atoms with E-state index in [1.165, 1.54) is 24.1 Å². The summed E-state index contributed by atoms with van der Waals surface area (Å²) in [5, 5.41) is 6.40. The molecular weight excluding hydrogens is 495 g/mol. The number of anilines is 2. The number of hydrogen-bond donors (Lipinski definition) is 2. The van der Waals surface area contributed by atoms with E-state index in [0.717, 1.165) is 0 Å². The predicted molar refractivity (Wildman–Crippen MR) is 123 cm³/mol. The van der Waals surface area contributed by atoms with Crippen LogP contribution in [0.2, 0.25) is 10.0 Å². The maximum Gasteiger partial charge on any atom is 0.246 e. The van der Waals surface area contributed by atoms with Gasteiger partial charge in [-0.1, -0.05) is 39.1 Å². The molecule has 7 nitrogen and oxygen atoms in total. The molecule has 0 saturated heterocycles. The highest BCUT2D eigenvalue weighted by Gasteiger charge is 2.17. The molecule has 0 aliphatic heterocycles. The molecule has 30 heavy (non-hydrogen) atoms. The van der Waals surface area contributed by atoms with Gasteiger partial charge in [0, 0.05) is 42.2 Å². The fourth-order valence-corrected chi connectivity index (χ4v) is 3.91. The van der Waals surface area contributed by atoms with Gasteiger partial charge in [-0.25, -0.2) is 4.98 Å². The number of amides is 3. The van der Waals surface area contributed by atoms with Gasteiger partial charge in [0.15, 0.2) is 0 Å². The summed E-state index contributed by atoms with van der Waals surface area (Å²) in [6.07, 6.45) is 4.35. The summed E-state index contributed by atoms with van der Waals surface area (Å²) in [5.74, 6) is -0.585. The molecule has 1 aromatic carbocycles. The molecule has 0 unspecified atom stereocenters. The highest BCUT2D eigenvalue weighted by Crippen LogP contribution is 2.34. The summed E-state index contributed by atoms with van der Waals surface area (Å²) in [5.41, 5.74) is 1.84. The Bertz CT molecular complexity index is 981. The number of hydrogen-bond acceptors (Lipinski definition) is 4. The number of carbonyl (C=O) groups is 3. The number of alkyl halides is 1. The van der Waals surface area contributed by atoms with E-state index >= 15 is 0 Å². The average Bonchev–Trinajstić information content (AvgIpc) is 2.71. The number of nitrogens with zero attached hydrogens (tertiary/aromatic N) is 2. The Labute approximate surface area is 192 Å². The Morgan fingerprint density at radius 1 is 1.20 bits per heavy atom. The first kappa shape index (κ1) is 23.9. The largest absolute Gasteiger partial charge is 0.343 e. The average molecular weight is 514 g/mol. The van der Waals surface area contributed by atoms with Crippen LogP contribution in [0.25, 0.3) is 6.08 Å². The van der Waals surface area contributed by atoms with E-state index < -0.39 is 5.91 Å². The zero-order chi connectivity index (χ0) is 22.3. The van der Waals surface area contributed by atoms with Gasteiger partial charge in [0.1, 0.15) is 5.82 Å². The summed E-state index contributed by atoms with van der Waals surface area (Å²) in [6.45, 7) is 1.18. The molecule has 0 spiro atoms. The van der Waals surface area contributed by atoms with Gasteiger partial charge in [0.25, 0.3) is 0 Å². The number of likely N-dealkylation sites (N-methyl/N-ethyl adjacent to an activating group) is 1. The first-order valence-electron chi connectivity index (χ1n) is 8.72. The zero-order valence-corrected chi connectivity index (χ0v) is 19.3. The van der Waals surface area contributed by atoms with Gasteiger partial charge in [-0.05, 0) is 35.9 Å². The maximum absolute atomic E-state index is 12.4. The number of rotatable bonds is 7. The van der Waals surface area contributed by atoms with Gasteiger partial charge in [-0.15, -0.1) is 0 Å². The van der Waals surface area contributed by atoms with Crippen molar-refractivity contribution < 1.29 is 14.4 Å². The van der Waals surface area contributed by atoms with Gasteiger partial charge in [0.05, 0.1) is 17.3 Å². The number of aromatic nitrogens is 1. The molecule has 2 rings (SSSR count). The minimum Gasteiger partial charge on any atom is -0.343 e. The highest BCUT2D eigenvalue weighted by molar-refractivity contribution is 9.08. The van der Waals surface area contributed by atoms with Crippen molar-refractivity contribution in [3.05, 3.63) is 57.7 Å². The van der Waals surface area contributed by atoms with E-state index in [1.807, 2.05) is 0 Å². The van der Waals surface area contributed by atoms with Crippen LogP contribution in [0.4, 0.5) is 11.5 Å². The minimum absolute atomic E-state index is 0.206. The molecular formula is C20H19BrCl2N4O3. The fourth-order valence-electron chi connectivity index (χ4n) is 2.37. The summed E-state index contributed by atoms with van der Waals surface area (Å²) < 4.78 is 0. The van der Waals surface area contributed by atoms with E-state index in [1.54, 1.807) is 37.4 Å². The van der Waals surface area contributed by atoms with Crippen LogP contribution in [0.3, 0.4) is 0 Å². The van der Waals surface area contributed by atoms with Crippen molar-refractivity contribution in [2.75, 3.05) is 23.8 Å². The Kier molecular flexibility index (Phi) is 8.83. The molecule has 1 aromatic heterocycles. The first-order valence-corrected chi connectivity index (χ1v) is 10.6. The minimum atomic E-state index is -0.439. The lowest BCUT2D eigenvalue weighted by Crippen LogP contribution is -2.37. The Morgan fingerprint density at radius 2 is 1.93 bits per heavy atom. The molecule has 0 aliphatic rings. The van der Waals surface area contributed by atoms with Crippen LogP contribution >= 0.6 is 39.1 Å². The summed E-state index contributed by atoms with van der Waals surface area (Å²) >= 11 is 15.8. The number of carbonyl (C=O) groups excluding carboxylic acids is 3. The second-order valence-electron chi connectivity index (χ2n) is 6.15. The number of nitrogens with one attached hydrogen (secondary N) is 2. The Balaban J connectivity index is 1.93. The Morgan fingerprint density at radius 3 is 2.53 bits per heavy atom. The van der Waals surface area contributed by atoms with E-state index in [-0.39, 0.29) is 18.4 Å². The third-order valence-electron chi connectivity index (χ3n) is 3.97. The monoisotopic (exact) mass is 512 g/mol. The van der Waals surface area contributed by atoms with Crippen LogP contribution < -0.4 is 15.5 Å². The lowest BCUT2D eigenvalue weighted by Gasteiger charge is -2.20. The summed E-state index contributed by atoms with van der Waals surface area (Å²) in [7, 11) is 1.57. The van der Waals surface area contributed by atoms with Crippen LogP contribution in [-0.2, 0) is 19.7 Å². The van der Waals surface area contributed by atoms with E-state index in [2.05, 4.69) is 31.5 Å². The van der Waals surface area contributed by atoms with Crippen LogP contribution in [0, 0.1) is 0 Å². The Hall–Kier alpha value is -2.42. The molecule has 0 saturated carbocycles. The first-order chi connectivity index (χ1) is 14.2. The van der Waals surface area contributed by atoms with Crippen molar-refractivity contribution in [2.45, 2.75) is 12.3 Å². The number of halogens is 3. The number of benzene rings is 1. The standard InChI is InChI=1S/C20H19BrCl2N4O3/c1-12(28)26-17-7-3-13(10-24-17)4-8-18(29)25-11-19(30)27(2)16-6-5-15(22)14(9-21)20(16)23/h3-8,10H,9,11H2,1-2H3,(H,25,29)(H,24,26,28). The normalized spacial score (nSPS) is 10.7. The smallest absolute Gasteiger partial charge is 0.246 e. The van der Waals surface area contributed by atoms with E-state index in [0.29, 0.717) is 38.0 Å². The highest BCUT2D eigenvalue weighted by atomic mass is 79.9. The lowest BCUT2D eigenvalue weighted by molar-refractivity contribution is -0.122. The molecule has 3 amide bonds. The van der Waals surface area contributed by atoms with Gasteiger partial charge in [0.2, 0.25) is 17.7 Å². The van der Waals surface area contributed by atoms with Crippen molar-refractivity contribution in [1.29, 1.82) is 0 Å². The lowest BCUT2D eigenvalue weighted by atomic mass is 10.2. The van der Waals surface area contributed by atoms with Crippen molar-refractivity contribution in [1.82, 2.24) is 10.3 Å². The SMILES string of the molecule is CC(=O)Nc1ccc(C=CC(=O)NCC(=O)N(C)c2ccc(Cl)c(CBr)c2Cl)cn1. The molecule has 0 atom stereocenters. The van der Waals surface area contributed by atoms with E-state index in [4.69, 9.17) is 23.2 Å². The maximum atomic E-state index is 12.4. The molecule has 0 bridgehead atoms. The molecule has 2 aromatic rings. The van der Waals surface area contributed by atoms with Crippen molar-refractivity contribution in [3.8, 4) is 0 Å². The van der Waals surface area contributed by atoms with Gasteiger partial charge in [-0.3, -0.25) is 14.4 Å². The van der Waals surface area contributed by atoms with Crippen molar-refractivity contribution >= 4 is 74.4 Å². The summed E-state index contributed by atoms with van der Waals surface area (Å²) in [4.78, 5) is 40.8. The molecule has 1 heterocycles. The van der Waals surface area contributed by atoms with Crippen LogP contribution in [-0.4, -0.2) is 36.3 Å². The van der Waals surface area contributed by atoms with Gasteiger partial charge < -0.3 is 15.5 Å². The molecule has 158 valence electrons. The molecule has 2 N–H and O–H groups in total. The molecule has 0 fully saturated rings. The van der Waals surface area contributed by atoms with Crippen molar-refractivity contribution in [2.24, 2.45) is 0 Å². The third-order valence-corrected chi connectivity index (χ3v) is 5.30.